The Labute approximate surface area is 64.6 Å². The van der Waals surface area contributed by atoms with Gasteiger partial charge in [-0.3, -0.25) is 0 Å². The van der Waals surface area contributed by atoms with E-state index in [-0.39, 0.29) is 0 Å². The van der Waals surface area contributed by atoms with Gasteiger partial charge in [0.15, 0.2) is 0 Å². The van der Waals surface area contributed by atoms with Crippen LogP contribution in [0.3, 0.4) is 0 Å². The summed E-state index contributed by atoms with van der Waals surface area (Å²) in [4.78, 5) is 4.20. The summed E-state index contributed by atoms with van der Waals surface area (Å²) in [5.41, 5.74) is 1.84. The molecular formula is C7H7NP2. The molecule has 1 nitrogen and oxygen atoms in total. The Morgan fingerprint density at radius 2 is 1.60 bits per heavy atom. The van der Waals surface area contributed by atoms with Crippen molar-refractivity contribution in [2.24, 2.45) is 0 Å². The minimum absolute atomic E-state index is 0.920. The number of hydrogen-bond donors (Lipinski definition) is 0. The summed E-state index contributed by atoms with van der Waals surface area (Å²) in [5.74, 6) is 3.55. The summed E-state index contributed by atoms with van der Waals surface area (Å²) in [6.07, 6.45) is 0. The van der Waals surface area contributed by atoms with Crippen molar-refractivity contribution < 1.29 is 0 Å². The first-order valence-electron chi connectivity index (χ1n) is 2.85. The van der Waals surface area contributed by atoms with E-state index < -0.39 is 0 Å². The minimum Gasteiger partial charge on any atom is -0.248 e. The lowest BCUT2D eigenvalue weighted by Gasteiger charge is -1.92. The molecule has 0 saturated carbocycles. The highest BCUT2D eigenvalue weighted by molar-refractivity contribution is 7.19. The molecule has 1 rings (SSSR count). The second-order valence-electron chi connectivity index (χ2n) is 1.78. The molecule has 50 valence electrons. The molecule has 0 fully saturated rings. The van der Waals surface area contributed by atoms with Gasteiger partial charge >= 0.3 is 0 Å². The predicted octanol–water partition coefficient (Wildman–Crippen LogP) is 1.67. The van der Waals surface area contributed by atoms with Crippen molar-refractivity contribution in [1.29, 1.82) is 0 Å². The van der Waals surface area contributed by atoms with E-state index in [0.717, 1.165) is 11.4 Å². The highest BCUT2D eigenvalue weighted by Gasteiger charge is 1.87. The number of rotatable bonds is 2. The molecule has 10 heavy (non-hydrogen) atoms. The molecule has 0 bridgehead atoms. The number of hydrogen-bond acceptors (Lipinski definition) is 1. The second kappa shape index (κ2) is 3.61. The van der Waals surface area contributed by atoms with Crippen LogP contribution in [-0.4, -0.2) is 16.6 Å². The van der Waals surface area contributed by atoms with E-state index in [1.54, 1.807) is 11.6 Å². The van der Waals surface area contributed by atoms with Crippen molar-refractivity contribution in [3.63, 3.8) is 0 Å². The fourth-order valence-corrected chi connectivity index (χ4v) is 0.951. The molecule has 0 N–H and O–H groups in total. The van der Waals surface area contributed by atoms with Crippen molar-refractivity contribution in [3.05, 3.63) is 29.6 Å². The van der Waals surface area contributed by atoms with Crippen LogP contribution in [0.5, 0.6) is 0 Å². The third-order valence-corrected chi connectivity index (χ3v) is 1.68. The van der Waals surface area contributed by atoms with Gasteiger partial charge in [0, 0.05) is 0 Å². The zero-order valence-corrected chi connectivity index (χ0v) is 7.33. The molecule has 0 saturated heterocycles. The maximum Gasteiger partial charge on any atom is 0.0676 e. The maximum absolute atomic E-state index is 4.20. The zero-order chi connectivity index (χ0) is 7.40. The lowest BCUT2D eigenvalue weighted by atomic mass is 10.3. The molecule has 0 aliphatic heterocycles. The lowest BCUT2D eigenvalue weighted by molar-refractivity contribution is 1.29. The lowest BCUT2D eigenvalue weighted by Crippen LogP contribution is -1.89. The van der Waals surface area contributed by atoms with Crippen LogP contribution in [0.1, 0.15) is 11.4 Å². The average molecular weight is 167 g/mol. The molecule has 0 aliphatic rings. The van der Waals surface area contributed by atoms with E-state index in [9.17, 15) is 0 Å². The van der Waals surface area contributed by atoms with Crippen molar-refractivity contribution in [1.82, 2.24) is 4.98 Å². The van der Waals surface area contributed by atoms with Crippen LogP contribution in [0.15, 0.2) is 18.2 Å². The second-order valence-corrected chi connectivity index (χ2v) is 2.35. The van der Waals surface area contributed by atoms with Gasteiger partial charge < -0.3 is 0 Å². The first-order chi connectivity index (χ1) is 4.86. The van der Waals surface area contributed by atoms with Crippen molar-refractivity contribution in [3.8, 4) is 0 Å². The van der Waals surface area contributed by atoms with Gasteiger partial charge in [-0.05, 0) is 23.7 Å². The molecule has 3 heteroatoms. The summed E-state index contributed by atoms with van der Waals surface area (Å²) in [6.45, 7) is 0. The van der Waals surface area contributed by atoms with E-state index in [1.165, 1.54) is 0 Å². The van der Waals surface area contributed by atoms with Gasteiger partial charge in [0.2, 0.25) is 0 Å². The SMILES string of the molecule is P=Cc1cccc(C=P)n1. The minimum atomic E-state index is 0.920. The standard InChI is InChI=1S/C7H7NP2/c9-4-6-2-1-3-7(5-10)8-6/h1-5,9-10H. The summed E-state index contributed by atoms with van der Waals surface area (Å²) in [6, 6.07) is 5.80. The molecule has 0 spiro atoms. The van der Waals surface area contributed by atoms with Crippen LogP contribution in [0, 0.1) is 0 Å². The predicted molar refractivity (Wildman–Crippen MR) is 51.2 cm³/mol. The van der Waals surface area contributed by atoms with Gasteiger partial charge in [0.1, 0.15) is 0 Å². The van der Waals surface area contributed by atoms with Crippen LogP contribution in [0.25, 0.3) is 0 Å². The number of pyridine rings is 1. The van der Waals surface area contributed by atoms with E-state index in [0.29, 0.717) is 0 Å². The first kappa shape index (κ1) is 7.60. The van der Waals surface area contributed by atoms with Crippen LogP contribution < -0.4 is 0 Å². The summed E-state index contributed by atoms with van der Waals surface area (Å²) < 4.78 is 0. The molecular weight excluding hydrogens is 160 g/mol. The largest absolute Gasteiger partial charge is 0.248 e. The van der Waals surface area contributed by atoms with Gasteiger partial charge in [0.05, 0.1) is 11.4 Å². The molecule has 1 heterocycles. The highest BCUT2D eigenvalue weighted by atomic mass is 31.0. The molecule has 1 aromatic rings. The summed E-state index contributed by atoms with van der Waals surface area (Å²) >= 11 is 0. The third-order valence-electron chi connectivity index (χ3n) is 1.09. The monoisotopic (exact) mass is 167 g/mol. The number of nitrogens with zero attached hydrogens (tertiary/aromatic N) is 1. The maximum atomic E-state index is 4.20. The normalized spacial score (nSPS) is 8.80. The molecule has 0 unspecified atom stereocenters. The Morgan fingerprint density at radius 1 is 1.10 bits per heavy atom. The van der Waals surface area contributed by atoms with Gasteiger partial charge in [-0.1, -0.05) is 6.07 Å². The molecule has 0 aliphatic carbocycles. The Kier molecular flexibility index (Phi) is 2.74. The Hall–Kier alpha value is -0.510. The van der Waals surface area contributed by atoms with Gasteiger partial charge in [-0.25, -0.2) is 4.98 Å². The van der Waals surface area contributed by atoms with Crippen LogP contribution in [-0.2, 0) is 0 Å². The zero-order valence-electron chi connectivity index (χ0n) is 5.33. The van der Waals surface area contributed by atoms with E-state index in [4.69, 9.17) is 0 Å². The van der Waals surface area contributed by atoms with Crippen LogP contribution in [0.4, 0.5) is 0 Å². The molecule has 0 aromatic carbocycles. The van der Waals surface area contributed by atoms with Gasteiger partial charge in [-0.15, -0.1) is 17.7 Å². The highest BCUT2D eigenvalue weighted by Crippen LogP contribution is 1.95. The van der Waals surface area contributed by atoms with E-state index >= 15 is 0 Å². The quantitative estimate of drug-likeness (QED) is 0.610. The van der Waals surface area contributed by atoms with Crippen LogP contribution in [0.2, 0.25) is 0 Å². The van der Waals surface area contributed by atoms with Crippen molar-refractivity contribution in [2.75, 3.05) is 0 Å². The smallest absolute Gasteiger partial charge is 0.0676 e. The Bertz CT molecular complexity index is 234. The first-order valence-corrected chi connectivity index (χ1v) is 4.00. The van der Waals surface area contributed by atoms with Crippen molar-refractivity contribution >= 4 is 29.3 Å². The average Bonchev–Trinajstić information content (AvgIpc) is 2.05. The van der Waals surface area contributed by atoms with Crippen LogP contribution >= 0.6 is 17.7 Å². The van der Waals surface area contributed by atoms with Gasteiger partial charge in [0.25, 0.3) is 0 Å². The van der Waals surface area contributed by atoms with E-state index in [1.807, 2.05) is 18.2 Å². The summed E-state index contributed by atoms with van der Waals surface area (Å²) in [5, 5.41) is 0. The molecule has 0 radical (unpaired) electrons. The fraction of sp³-hybridized carbons (Fsp3) is 0. The number of aromatic nitrogens is 1. The fourth-order valence-electron chi connectivity index (χ4n) is 0.630. The summed E-state index contributed by atoms with van der Waals surface area (Å²) in [7, 11) is 6.50. The molecule has 1 aromatic heterocycles. The van der Waals surface area contributed by atoms with Gasteiger partial charge in [-0.2, -0.15) is 0 Å². The Balaban J connectivity index is 3.09. The third kappa shape index (κ3) is 1.73. The van der Waals surface area contributed by atoms with E-state index in [2.05, 4.69) is 22.7 Å². The molecule has 0 amide bonds. The van der Waals surface area contributed by atoms with Crippen molar-refractivity contribution in [2.45, 2.75) is 0 Å². The topological polar surface area (TPSA) is 12.9 Å². The Morgan fingerprint density at radius 3 is 2.00 bits per heavy atom. The molecule has 0 atom stereocenters.